The molecule has 0 fully saturated rings. The summed E-state index contributed by atoms with van der Waals surface area (Å²) in [6, 6.07) is 9.04. The molecule has 0 atom stereocenters. The molecule has 1 amide bonds. The molecule has 0 saturated carbocycles. The molecule has 0 aliphatic rings. The number of fused-ring (bicyclic) bond motifs is 1. The van der Waals surface area contributed by atoms with Gasteiger partial charge < -0.3 is 9.64 Å². The highest BCUT2D eigenvalue weighted by atomic mass is 16.5. The van der Waals surface area contributed by atoms with Crippen LogP contribution < -0.4 is 9.64 Å². The first-order chi connectivity index (χ1) is 14.1. The number of carbonyl (C=O) groups excluding carboxylic acids is 1. The molecule has 29 heavy (non-hydrogen) atoms. The Labute approximate surface area is 167 Å². The Morgan fingerprint density at radius 1 is 1.21 bits per heavy atom. The maximum absolute atomic E-state index is 13.4. The summed E-state index contributed by atoms with van der Waals surface area (Å²) in [6.45, 7) is 5.07. The second-order valence-electron chi connectivity index (χ2n) is 6.48. The van der Waals surface area contributed by atoms with Crippen LogP contribution in [-0.4, -0.2) is 42.4 Å². The van der Waals surface area contributed by atoms with E-state index in [1.54, 1.807) is 30.5 Å². The Balaban J connectivity index is 1.73. The molecule has 0 N–H and O–H groups in total. The predicted molar refractivity (Wildman–Crippen MR) is 107 cm³/mol. The van der Waals surface area contributed by atoms with Gasteiger partial charge in [0.1, 0.15) is 5.75 Å². The van der Waals surface area contributed by atoms with Gasteiger partial charge in [0.2, 0.25) is 5.82 Å². The summed E-state index contributed by atoms with van der Waals surface area (Å²) >= 11 is 0. The smallest absolute Gasteiger partial charge is 0.298 e. The number of carbonyl (C=O) groups is 1. The van der Waals surface area contributed by atoms with E-state index in [0.717, 1.165) is 17.8 Å². The topological polar surface area (TPSA) is 90.4 Å². The highest BCUT2D eigenvalue weighted by Crippen LogP contribution is 2.23. The van der Waals surface area contributed by atoms with E-state index in [2.05, 4.69) is 20.2 Å². The molecule has 0 bridgehead atoms. The molecular weight excluding hydrogens is 370 g/mol. The molecule has 4 rings (SSSR count). The Morgan fingerprint density at radius 3 is 2.66 bits per heavy atom. The van der Waals surface area contributed by atoms with Gasteiger partial charge in [0.05, 0.1) is 19.3 Å². The van der Waals surface area contributed by atoms with Crippen LogP contribution >= 0.6 is 0 Å². The van der Waals surface area contributed by atoms with Crippen LogP contribution in [-0.2, 0) is 13.1 Å². The molecule has 0 saturated heterocycles. The standard InChI is InChI=1S/C20H21N7O2/c1-4-25-12-15(14(2)23-25)13-26(16-6-8-17(29-3)9-7-16)19(28)18-22-20-21-10-5-11-27(20)24-18/h5-12H,4,13H2,1-3H3. The van der Waals surface area contributed by atoms with Crippen molar-refractivity contribution >= 4 is 17.4 Å². The molecule has 9 heteroatoms. The third kappa shape index (κ3) is 3.66. The van der Waals surface area contributed by atoms with Gasteiger partial charge in [0.15, 0.2) is 0 Å². The molecular formula is C20H21N7O2. The number of benzene rings is 1. The van der Waals surface area contributed by atoms with Gasteiger partial charge in [-0.05, 0) is 44.2 Å². The van der Waals surface area contributed by atoms with Crippen molar-refractivity contribution in [1.29, 1.82) is 0 Å². The van der Waals surface area contributed by atoms with Crippen LogP contribution in [0.1, 0.15) is 28.8 Å². The number of hydrogen-bond donors (Lipinski definition) is 0. The summed E-state index contributed by atoms with van der Waals surface area (Å²) in [4.78, 5) is 23.4. The van der Waals surface area contributed by atoms with Gasteiger partial charge in [-0.15, -0.1) is 5.10 Å². The highest BCUT2D eigenvalue weighted by Gasteiger charge is 2.24. The molecule has 148 valence electrons. The third-order valence-corrected chi connectivity index (χ3v) is 4.64. The summed E-state index contributed by atoms with van der Waals surface area (Å²) in [7, 11) is 1.61. The first kappa shape index (κ1) is 18.6. The van der Waals surface area contributed by atoms with Crippen LogP contribution in [0.5, 0.6) is 5.75 Å². The van der Waals surface area contributed by atoms with Crippen molar-refractivity contribution < 1.29 is 9.53 Å². The predicted octanol–water partition coefficient (Wildman–Crippen LogP) is 2.50. The van der Waals surface area contributed by atoms with Gasteiger partial charge >= 0.3 is 0 Å². The normalized spacial score (nSPS) is 11.0. The number of rotatable bonds is 6. The molecule has 4 aromatic rings. The number of aryl methyl sites for hydroxylation is 2. The first-order valence-electron chi connectivity index (χ1n) is 9.25. The monoisotopic (exact) mass is 391 g/mol. The van der Waals surface area contributed by atoms with E-state index in [9.17, 15) is 4.79 Å². The second kappa shape index (κ2) is 7.70. The summed E-state index contributed by atoms with van der Waals surface area (Å²) in [5.41, 5.74) is 2.55. The first-order valence-corrected chi connectivity index (χ1v) is 9.25. The van der Waals surface area contributed by atoms with E-state index < -0.39 is 0 Å². The van der Waals surface area contributed by atoms with E-state index in [0.29, 0.717) is 23.8 Å². The lowest BCUT2D eigenvalue weighted by molar-refractivity contribution is 0.0975. The Hall–Kier alpha value is -3.75. The van der Waals surface area contributed by atoms with Gasteiger partial charge in [0, 0.05) is 36.4 Å². The zero-order valence-electron chi connectivity index (χ0n) is 16.5. The number of ether oxygens (including phenoxy) is 1. The molecule has 0 radical (unpaired) electrons. The minimum absolute atomic E-state index is 0.0834. The average molecular weight is 391 g/mol. The van der Waals surface area contributed by atoms with Crippen LogP contribution in [0.4, 0.5) is 5.69 Å². The lowest BCUT2D eigenvalue weighted by atomic mass is 10.2. The van der Waals surface area contributed by atoms with Gasteiger partial charge in [-0.2, -0.15) is 10.1 Å². The molecule has 0 spiro atoms. The van der Waals surface area contributed by atoms with Gasteiger partial charge in [0.25, 0.3) is 11.7 Å². The SMILES string of the molecule is CCn1cc(CN(C(=O)c2nc3ncccn3n2)c2ccc(OC)cc2)c(C)n1. The quantitative estimate of drug-likeness (QED) is 0.502. The van der Waals surface area contributed by atoms with Crippen molar-refractivity contribution in [3.8, 4) is 5.75 Å². The number of aromatic nitrogens is 6. The zero-order valence-corrected chi connectivity index (χ0v) is 16.5. The molecule has 0 aliphatic carbocycles. The molecule has 0 aliphatic heterocycles. The van der Waals surface area contributed by atoms with Crippen LogP contribution in [0, 0.1) is 6.92 Å². The van der Waals surface area contributed by atoms with Gasteiger partial charge in [-0.25, -0.2) is 9.50 Å². The molecule has 3 heterocycles. The van der Waals surface area contributed by atoms with Crippen molar-refractivity contribution in [1.82, 2.24) is 29.4 Å². The minimum Gasteiger partial charge on any atom is -0.497 e. The van der Waals surface area contributed by atoms with Crippen LogP contribution in [0.15, 0.2) is 48.9 Å². The average Bonchev–Trinajstić information content (AvgIpc) is 3.35. The molecule has 1 aromatic carbocycles. The van der Waals surface area contributed by atoms with E-state index in [-0.39, 0.29) is 11.7 Å². The van der Waals surface area contributed by atoms with Crippen molar-refractivity contribution in [2.45, 2.75) is 26.9 Å². The van der Waals surface area contributed by atoms with Crippen LogP contribution in [0.25, 0.3) is 5.78 Å². The van der Waals surface area contributed by atoms with Gasteiger partial charge in [-0.3, -0.25) is 9.48 Å². The van der Waals surface area contributed by atoms with Crippen molar-refractivity contribution in [2.75, 3.05) is 12.0 Å². The number of methoxy groups -OCH3 is 1. The zero-order chi connectivity index (χ0) is 20.4. The second-order valence-corrected chi connectivity index (χ2v) is 6.48. The fourth-order valence-corrected chi connectivity index (χ4v) is 3.03. The van der Waals surface area contributed by atoms with Crippen LogP contribution in [0.3, 0.4) is 0 Å². The summed E-state index contributed by atoms with van der Waals surface area (Å²) < 4.78 is 8.58. The number of nitrogens with zero attached hydrogens (tertiary/aromatic N) is 7. The highest BCUT2D eigenvalue weighted by molar-refractivity contribution is 6.03. The summed E-state index contributed by atoms with van der Waals surface area (Å²) in [6.07, 6.45) is 5.28. The van der Waals surface area contributed by atoms with E-state index in [4.69, 9.17) is 4.74 Å². The Bertz CT molecular complexity index is 1110. The Kier molecular flexibility index (Phi) is 4.94. The van der Waals surface area contributed by atoms with E-state index in [1.165, 1.54) is 4.52 Å². The lowest BCUT2D eigenvalue weighted by Crippen LogP contribution is -2.31. The number of anilines is 1. The van der Waals surface area contributed by atoms with Crippen LogP contribution in [0.2, 0.25) is 0 Å². The summed E-state index contributed by atoms with van der Waals surface area (Å²) in [5, 5.41) is 8.77. The van der Waals surface area contributed by atoms with Crippen molar-refractivity contribution in [3.63, 3.8) is 0 Å². The molecule has 3 aromatic heterocycles. The number of amides is 1. The Morgan fingerprint density at radius 2 is 2.00 bits per heavy atom. The van der Waals surface area contributed by atoms with E-state index >= 15 is 0 Å². The number of hydrogen-bond acceptors (Lipinski definition) is 6. The largest absolute Gasteiger partial charge is 0.497 e. The fraction of sp³-hybridized carbons (Fsp3) is 0.250. The third-order valence-electron chi connectivity index (χ3n) is 4.64. The van der Waals surface area contributed by atoms with Gasteiger partial charge in [-0.1, -0.05) is 0 Å². The summed E-state index contributed by atoms with van der Waals surface area (Å²) in [5.74, 6) is 0.857. The van der Waals surface area contributed by atoms with E-state index in [1.807, 2.05) is 49.0 Å². The maximum Gasteiger partial charge on any atom is 0.298 e. The minimum atomic E-state index is -0.315. The maximum atomic E-state index is 13.4. The van der Waals surface area contributed by atoms with Crippen molar-refractivity contribution in [2.24, 2.45) is 0 Å². The molecule has 0 unspecified atom stereocenters. The lowest BCUT2D eigenvalue weighted by Gasteiger charge is -2.21. The van der Waals surface area contributed by atoms with Crippen molar-refractivity contribution in [3.05, 3.63) is 66.0 Å². The fourth-order valence-electron chi connectivity index (χ4n) is 3.03. The molecule has 9 nitrogen and oxygen atoms in total.